The summed E-state index contributed by atoms with van der Waals surface area (Å²) in [6, 6.07) is 0. The zero-order valence-corrected chi connectivity index (χ0v) is 13.8. The van der Waals surface area contributed by atoms with E-state index in [0.29, 0.717) is 12.3 Å². The van der Waals surface area contributed by atoms with Crippen LogP contribution >= 0.6 is 33.4 Å². The molecule has 0 aliphatic rings. The van der Waals surface area contributed by atoms with Gasteiger partial charge in [-0.15, -0.1) is 0 Å². The summed E-state index contributed by atoms with van der Waals surface area (Å²) in [5.41, 5.74) is 0. The van der Waals surface area contributed by atoms with Gasteiger partial charge in [0.1, 0.15) is 0 Å². The Bertz CT molecular complexity index is 180. The van der Waals surface area contributed by atoms with Crippen molar-refractivity contribution in [3.63, 3.8) is 0 Å². The fourth-order valence-electron chi connectivity index (χ4n) is 0.224. The van der Waals surface area contributed by atoms with Gasteiger partial charge < -0.3 is 19.6 Å². The zero-order chi connectivity index (χ0) is 14.0. The van der Waals surface area contributed by atoms with Crippen LogP contribution in [0.15, 0.2) is 0 Å². The Morgan fingerprint density at radius 1 is 0.941 bits per heavy atom. The summed E-state index contributed by atoms with van der Waals surface area (Å²) < 4.78 is 35.5. The monoisotopic (exact) mass is 338 g/mol. The summed E-state index contributed by atoms with van der Waals surface area (Å²) in [5, 5.41) is 0. The molecule has 0 aromatic heterocycles. The van der Waals surface area contributed by atoms with Crippen molar-refractivity contribution in [1.29, 1.82) is 0 Å². The quantitative estimate of drug-likeness (QED) is 0.525. The number of hydrogen-bond acceptors (Lipinski definition) is 7. The maximum absolute atomic E-state index is 10.5. The molecular weight excluding hydrogens is 327 g/mol. The van der Waals surface area contributed by atoms with E-state index in [1.54, 1.807) is 13.8 Å². The van der Waals surface area contributed by atoms with Crippen molar-refractivity contribution in [3.8, 4) is 0 Å². The van der Waals surface area contributed by atoms with E-state index in [1.165, 1.54) is 0 Å². The van der Waals surface area contributed by atoms with Gasteiger partial charge in [-0.25, -0.2) is 0 Å². The van der Waals surface area contributed by atoms with Gasteiger partial charge in [0.2, 0.25) is 0 Å². The molecule has 0 fully saturated rings. The molecule has 17 heavy (non-hydrogen) atoms. The molecule has 0 unspecified atom stereocenters. The minimum atomic E-state index is -2.65. The van der Waals surface area contributed by atoms with E-state index in [0.717, 1.165) is 0 Å². The number of hydrogen-bond donors (Lipinski definition) is 1. The second kappa shape index (κ2) is 30.2. The molecule has 0 rings (SSSR count). The fraction of sp³-hybridized carbons (Fsp3) is 1.00. The van der Waals surface area contributed by atoms with Crippen molar-refractivity contribution in [2.45, 2.75) is 13.8 Å². The molecule has 0 saturated heterocycles. The first-order chi connectivity index (χ1) is 7.36. The molecule has 0 heterocycles. The van der Waals surface area contributed by atoms with Crippen molar-refractivity contribution in [2.75, 3.05) is 12.3 Å². The average molecular weight is 338 g/mol. The summed E-state index contributed by atoms with van der Waals surface area (Å²) in [6.45, 7) is 3.45. The Labute approximate surface area is 115 Å². The van der Waals surface area contributed by atoms with Gasteiger partial charge in [-0.1, -0.05) is 13.8 Å². The van der Waals surface area contributed by atoms with E-state index in [-0.39, 0.29) is 17.4 Å². The van der Waals surface area contributed by atoms with Crippen molar-refractivity contribution in [3.05, 3.63) is 0 Å². The van der Waals surface area contributed by atoms with Crippen LogP contribution in [0.25, 0.3) is 0 Å². The maximum atomic E-state index is 10.5. The molecule has 8 nitrogen and oxygen atoms in total. The van der Waals surface area contributed by atoms with Crippen LogP contribution in [0.4, 0.5) is 0 Å². The molecule has 0 aliphatic heterocycles. The van der Waals surface area contributed by atoms with E-state index in [1.807, 2.05) is 0 Å². The van der Waals surface area contributed by atoms with E-state index in [4.69, 9.17) is 33.3 Å². The molecule has 0 saturated carbocycles. The molecular formula is C4H11AlO8P4. The molecule has 0 amide bonds. The normalized spacial score (nSPS) is 8.59. The Morgan fingerprint density at radius 2 is 1.06 bits per heavy atom. The summed E-state index contributed by atoms with van der Waals surface area (Å²) >= 11 is 0. The van der Waals surface area contributed by atoms with E-state index in [9.17, 15) is 4.57 Å². The van der Waals surface area contributed by atoms with Gasteiger partial charge in [-0.3, -0.25) is 18.3 Å². The first kappa shape index (κ1) is 30.7. The van der Waals surface area contributed by atoms with Gasteiger partial charge in [0.25, 0.3) is 0 Å². The van der Waals surface area contributed by atoms with Crippen LogP contribution in [0.2, 0.25) is 0 Å². The van der Waals surface area contributed by atoms with Crippen LogP contribution in [-0.2, 0) is 18.3 Å². The Morgan fingerprint density at radius 3 is 1.06 bits per heavy atom. The minimum absolute atomic E-state index is 0. The second-order valence-corrected chi connectivity index (χ2v) is 5.11. The van der Waals surface area contributed by atoms with Gasteiger partial charge in [0.05, 0.1) is 26.1 Å². The van der Waals surface area contributed by atoms with Crippen molar-refractivity contribution in [1.82, 2.24) is 0 Å². The van der Waals surface area contributed by atoms with Crippen LogP contribution in [0.1, 0.15) is 13.8 Å². The largest absolute Gasteiger partial charge is 3.00 e. The third-order valence-corrected chi connectivity index (χ3v) is 2.96. The molecule has 0 bridgehead atoms. The van der Waals surface area contributed by atoms with Gasteiger partial charge in [-0.2, -0.15) is 0 Å². The number of rotatable bonds is 2. The van der Waals surface area contributed by atoms with Crippen LogP contribution < -0.4 is 14.7 Å². The molecule has 1 N–H and O–H groups in total. The molecule has 0 atom stereocenters. The molecule has 0 aromatic rings. The van der Waals surface area contributed by atoms with E-state index < -0.39 is 33.4 Å². The predicted octanol–water partition coefficient (Wildman–Crippen LogP) is -0.424. The van der Waals surface area contributed by atoms with E-state index in [2.05, 4.69) is 0 Å². The maximum Gasteiger partial charge on any atom is 3.00 e. The molecule has 0 radical (unpaired) electrons. The third-order valence-electron chi connectivity index (χ3n) is 0.988. The van der Waals surface area contributed by atoms with Crippen molar-refractivity contribution >= 4 is 50.8 Å². The predicted molar refractivity (Wildman–Crippen MR) is 59.5 cm³/mol. The van der Waals surface area contributed by atoms with Crippen LogP contribution in [0, 0.1) is 0 Å². The fourth-order valence-corrected chi connectivity index (χ4v) is 0.671. The van der Waals surface area contributed by atoms with Crippen LogP contribution in [0.3, 0.4) is 0 Å². The van der Waals surface area contributed by atoms with Crippen molar-refractivity contribution in [2.24, 2.45) is 0 Å². The molecule has 0 aromatic carbocycles. The van der Waals surface area contributed by atoms with Gasteiger partial charge in [0, 0.05) is 12.3 Å². The topological polar surface area (TPSA) is 158 Å². The van der Waals surface area contributed by atoms with Gasteiger partial charge in [0.15, 0.2) is 7.37 Å². The summed E-state index contributed by atoms with van der Waals surface area (Å²) in [6.07, 6.45) is 0.812. The molecule has 0 spiro atoms. The molecule has 13 heteroatoms. The molecule has 98 valence electrons. The standard InChI is InChI=1S/C4H11O2P.Al.3HO2P/c1-3-7(5,6)4-2;;3*1-3-2/h3-4H2,1-2H3,(H,5,6);;3*(H,1,2)/q;+3;;;/p-3. The smallest absolute Gasteiger partial charge is 0.772 e. The summed E-state index contributed by atoms with van der Waals surface area (Å²) in [5.74, 6) is 0. The summed E-state index contributed by atoms with van der Waals surface area (Å²) in [7, 11) is -5.90. The van der Waals surface area contributed by atoms with Crippen LogP contribution in [-0.4, -0.2) is 34.6 Å². The molecule has 0 aliphatic carbocycles. The van der Waals surface area contributed by atoms with Gasteiger partial charge in [-0.05, 0) is 0 Å². The third kappa shape index (κ3) is 78.8. The SMILES string of the molecule is CCP(=O)(O)CC.O=P[O-].O=P[O-].O=P[O-].[Al+3]. The van der Waals surface area contributed by atoms with E-state index >= 15 is 0 Å². The zero-order valence-electron chi connectivity index (χ0n) is 9.09. The van der Waals surface area contributed by atoms with Gasteiger partial charge >= 0.3 is 17.4 Å². The Balaban J connectivity index is -0.0000000411. The summed E-state index contributed by atoms with van der Waals surface area (Å²) in [4.78, 5) is 33.7. The first-order valence-electron chi connectivity index (χ1n) is 3.52. The Hall–Kier alpha value is 0.902. The Kier molecular flexibility index (Phi) is 54.5. The average Bonchev–Trinajstić information content (AvgIpc) is 2.21. The van der Waals surface area contributed by atoms with Crippen LogP contribution in [0.5, 0.6) is 0 Å². The minimum Gasteiger partial charge on any atom is -0.772 e. The second-order valence-electron chi connectivity index (χ2n) is 1.70. The van der Waals surface area contributed by atoms with Crippen molar-refractivity contribution < 1.29 is 37.8 Å². The first-order valence-corrected chi connectivity index (χ1v) is 7.75.